The second-order valence-electron chi connectivity index (χ2n) is 4.94. The van der Waals surface area contributed by atoms with Crippen molar-refractivity contribution < 1.29 is 9.53 Å². The molecule has 0 spiro atoms. The fraction of sp³-hybridized carbons (Fsp3) is 0.917. The Hall–Kier alpha value is -0.610. The van der Waals surface area contributed by atoms with Crippen molar-refractivity contribution in [3.63, 3.8) is 0 Å². The van der Waals surface area contributed by atoms with Gasteiger partial charge < -0.3 is 15.4 Å². The highest BCUT2D eigenvalue weighted by molar-refractivity contribution is 5.80. The summed E-state index contributed by atoms with van der Waals surface area (Å²) in [5, 5.41) is 6.42. The van der Waals surface area contributed by atoms with E-state index in [4.69, 9.17) is 4.74 Å². The average Bonchev–Trinajstić information content (AvgIpc) is 3.00. The molecular weight excluding hydrogens is 204 g/mol. The van der Waals surface area contributed by atoms with Crippen molar-refractivity contribution in [2.24, 2.45) is 11.8 Å². The summed E-state index contributed by atoms with van der Waals surface area (Å²) in [5.74, 6) is 0.854. The molecule has 2 aliphatic rings. The molecule has 0 radical (unpaired) electrons. The van der Waals surface area contributed by atoms with Crippen molar-refractivity contribution in [2.75, 3.05) is 19.8 Å². The summed E-state index contributed by atoms with van der Waals surface area (Å²) >= 11 is 0. The van der Waals surface area contributed by atoms with Crippen molar-refractivity contribution in [1.82, 2.24) is 10.6 Å². The molecule has 3 unspecified atom stereocenters. The number of amides is 1. The van der Waals surface area contributed by atoms with E-state index in [1.54, 1.807) is 0 Å². The van der Waals surface area contributed by atoms with Gasteiger partial charge in [0, 0.05) is 12.1 Å². The topological polar surface area (TPSA) is 50.4 Å². The minimum absolute atomic E-state index is 0.0128. The van der Waals surface area contributed by atoms with E-state index in [-0.39, 0.29) is 17.9 Å². The first kappa shape index (κ1) is 11.9. The lowest BCUT2D eigenvalue weighted by Gasteiger charge is -2.20. The van der Waals surface area contributed by atoms with Crippen molar-refractivity contribution in [3.8, 4) is 0 Å². The molecular formula is C12H22N2O2. The molecule has 1 heterocycles. The highest BCUT2D eigenvalue weighted by Crippen LogP contribution is 2.32. The number of likely N-dealkylation sites (N-methyl/N-ethyl adjacent to an activating group) is 1. The summed E-state index contributed by atoms with van der Waals surface area (Å²) in [6, 6.07) is 0.520. The molecule has 2 N–H and O–H groups in total. The Morgan fingerprint density at radius 3 is 2.81 bits per heavy atom. The van der Waals surface area contributed by atoms with E-state index in [9.17, 15) is 4.79 Å². The molecule has 16 heavy (non-hydrogen) atoms. The van der Waals surface area contributed by atoms with Gasteiger partial charge in [-0.05, 0) is 32.2 Å². The Balaban J connectivity index is 1.82. The fourth-order valence-electron chi connectivity index (χ4n) is 2.32. The summed E-state index contributed by atoms with van der Waals surface area (Å²) in [6.07, 6.45) is 2.53. The second kappa shape index (κ2) is 5.15. The van der Waals surface area contributed by atoms with Gasteiger partial charge in [0.2, 0.25) is 5.91 Å². The lowest BCUT2D eigenvalue weighted by atomic mass is 10.0. The maximum atomic E-state index is 12.0. The number of nitrogens with one attached hydrogen (secondary N) is 2. The maximum Gasteiger partial charge on any atom is 0.227 e. The van der Waals surface area contributed by atoms with Crippen LogP contribution in [0.15, 0.2) is 0 Å². The highest BCUT2D eigenvalue weighted by Gasteiger charge is 2.36. The van der Waals surface area contributed by atoms with Gasteiger partial charge in [0.05, 0.1) is 19.1 Å². The standard InChI is InChI=1S/C12H22N2O2/c1-3-13-11-7-16-6-10(11)12(15)14-8(2)9-4-5-9/h8-11,13H,3-7H2,1-2H3,(H,14,15). The summed E-state index contributed by atoms with van der Waals surface area (Å²) in [7, 11) is 0. The minimum atomic E-state index is -0.0128. The highest BCUT2D eigenvalue weighted by atomic mass is 16.5. The van der Waals surface area contributed by atoms with Crippen LogP contribution >= 0.6 is 0 Å². The largest absolute Gasteiger partial charge is 0.379 e. The van der Waals surface area contributed by atoms with E-state index in [0.29, 0.717) is 25.2 Å². The van der Waals surface area contributed by atoms with Crippen LogP contribution < -0.4 is 10.6 Å². The van der Waals surface area contributed by atoms with Crippen molar-refractivity contribution >= 4 is 5.91 Å². The first-order valence-corrected chi connectivity index (χ1v) is 6.34. The van der Waals surface area contributed by atoms with Gasteiger partial charge in [0.25, 0.3) is 0 Å². The van der Waals surface area contributed by atoms with Crippen molar-refractivity contribution in [3.05, 3.63) is 0 Å². The van der Waals surface area contributed by atoms with Crippen LogP contribution in [0.25, 0.3) is 0 Å². The molecule has 1 amide bonds. The Morgan fingerprint density at radius 1 is 1.44 bits per heavy atom. The quantitative estimate of drug-likeness (QED) is 0.719. The van der Waals surface area contributed by atoms with Gasteiger partial charge in [-0.15, -0.1) is 0 Å². The second-order valence-corrected chi connectivity index (χ2v) is 4.94. The Morgan fingerprint density at radius 2 is 2.19 bits per heavy atom. The zero-order chi connectivity index (χ0) is 11.5. The number of carbonyl (C=O) groups excluding carboxylic acids is 1. The lowest BCUT2D eigenvalue weighted by molar-refractivity contribution is -0.126. The predicted molar refractivity (Wildman–Crippen MR) is 62.1 cm³/mol. The zero-order valence-corrected chi connectivity index (χ0v) is 10.2. The molecule has 1 saturated heterocycles. The predicted octanol–water partition coefficient (Wildman–Crippen LogP) is 0.526. The molecule has 0 bridgehead atoms. The van der Waals surface area contributed by atoms with E-state index < -0.39 is 0 Å². The first-order chi connectivity index (χ1) is 7.72. The maximum absolute atomic E-state index is 12.0. The minimum Gasteiger partial charge on any atom is -0.379 e. The van der Waals surface area contributed by atoms with Crippen LogP contribution in [0.4, 0.5) is 0 Å². The number of carbonyl (C=O) groups is 1. The van der Waals surface area contributed by atoms with E-state index in [0.717, 1.165) is 6.54 Å². The Kier molecular flexibility index (Phi) is 3.82. The Bertz CT molecular complexity index is 253. The molecule has 2 rings (SSSR count). The summed E-state index contributed by atoms with van der Waals surface area (Å²) < 4.78 is 5.38. The van der Waals surface area contributed by atoms with Crippen LogP contribution in [-0.4, -0.2) is 37.7 Å². The molecule has 4 heteroatoms. The average molecular weight is 226 g/mol. The molecule has 1 aliphatic heterocycles. The molecule has 4 nitrogen and oxygen atoms in total. The third-order valence-corrected chi connectivity index (χ3v) is 3.58. The molecule has 0 aromatic heterocycles. The summed E-state index contributed by atoms with van der Waals surface area (Å²) in [4.78, 5) is 12.0. The summed E-state index contributed by atoms with van der Waals surface area (Å²) in [5.41, 5.74) is 0. The molecule has 0 aromatic carbocycles. The third-order valence-electron chi connectivity index (χ3n) is 3.58. The molecule has 3 atom stereocenters. The smallest absolute Gasteiger partial charge is 0.227 e. The van der Waals surface area contributed by atoms with Gasteiger partial charge in [-0.1, -0.05) is 6.92 Å². The lowest BCUT2D eigenvalue weighted by Crippen LogP contribution is -2.46. The number of hydrogen-bond acceptors (Lipinski definition) is 3. The monoisotopic (exact) mass is 226 g/mol. The SMILES string of the molecule is CCNC1COCC1C(=O)NC(C)C1CC1. The zero-order valence-electron chi connectivity index (χ0n) is 10.2. The number of ether oxygens (including phenoxy) is 1. The van der Waals surface area contributed by atoms with Crippen LogP contribution in [0.3, 0.4) is 0 Å². The van der Waals surface area contributed by atoms with Crippen LogP contribution in [0.1, 0.15) is 26.7 Å². The van der Waals surface area contributed by atoms with Gasteiger partial charge in [0.15, 0.2) is 0 Å². The summed E-state index contributed by atoms with van der Waals surface area (Å²) in [6.45, 7) is 6.26. The van der Waals surface area contributed by atoms with E-state index in [2.05, 4.69) is 24.5 Å². The number of hydrogen-bond donors (Lipinski definition) is 2. The van der Waals surface area contributed by atoms with Crippen molar-refractivity contribution in [1.29, 1.82) is 0 Å². The fourth-order valence-corrected chi connectivity index (χ4v) is 2.32. The number of rotatable bonds is 5. The van der Waals surface area contributed by atoms with Gasteiger partial charge in [-0.3, -0.25) is 4.79 Å². The molecule has 1 aliphatic carbocycles. The van der Waals surface area contributed by atoms with Crippen molar-refractivity contribution in [2.45, 2.75) is 38.8 Å². The Labute approximate surface area is 97.1 Å². The van der Waals surface area contributed by atoms with Gasteiger partial charge >= 0.3 is 0 Å². The van der Waals surface area contributed by atoms with E-state index in [1.807, 2.05) is 0 Å². The molecule has 0 aromatic rings. The van der Waals surface area contributed by atoms with E-state index >= 15 is 0 Å². The van der Waals surface area contributed by atoms with Gasteiger partial charge in [0.1, 0.15) is 0 Å². The molecule has 92 valence electrons. The van der Waals surface area contributed by atoms with Gasteiger partial charge in [-0.2, -0.15) is 0 Å². The van der Waals surface area contributed by atoms with Crippen LogP contribution in [0, 0.1) is 11.8 Å². The van der Waals surface area contributed by atoms with Crippen LogP contribution in [0.5, 0.6) is 0 Å². The first-order valence-electron chi connectivity index (χ1n) is 6.34. The molecule has 1 saturated carbocycles. The van der Waals surface area contributed by atoms with E-state index in [1.165, 1.54) is 12.8 Å². The van der Waals surface area contributed by atoms with Crippen LogP contribution in [0.2, 0.25) is 0 Å². The third kappa shape index (κ3) is 2.74. The van der Waals surface area contributed by atoms with Crippen LogP contribution in [-0.2, 0) is 9.53 Å². The normalized spacial score (nSPS) is 31.4. The van der Waals surface area contributed by atoms with Gasteiger partial charge in [-0.25, -0.2) is 0 Å². The molecule has 2 fully saturated rings.